The van der Waals surface area contributed by atoms with E-state index in [1.165, 1.54) is 6.07 Å². The highest BCUT2D eigenvalue weighted by molar-refractivity contribution is 14.1. The minimum atomic E-state index is -0.507. The summed E-state index contributed by atoms with van der Waals surface area (Å²) in [6.07, 6.45) is 3.32. The van der Waals surface area contributed by atoms with Gasteiger partial charge in [0.25, 0.3) is 0 Å². The molecular weight excluding hydrogens is 373 g/mol. The first-order valence-electron chi connectivity index (χ1n) is 6.36. The Bertz CT molecular complexity index is 551. The molecule has 1 aromatic carbocycles. The second-order valence-corrected chi connectivity index (χ2v) is 5.80. The van der Waals surface area contributed by atoms with Crippen LogP contribution in [0.25, 0.3) is 0 Å². The Labute approximate surface area is 130 Å². The smallest absolute Gasteiger partial charge is 0.313 e. The van der Waals surface area contributed by atoms with Gasteiger partial charge in [0.2, 0.25) is 5.75 Å². The Kier molecular flexibility index (Phi) is 5.14. The molecule has 1 aliphatic heterocycles. The fraction of sp³-hybridized carbons (Fsp3) is 0.462. The van der Waals surface area contributed by atoms with E-state index in [0.29, 0.717) is 10.2 Å². The Morgan fingerprint density at radius 2 is 2.35 bits per heavy atom. The van der Waals surface area contributed by atoms with Crippen LogP contribution in [0.4, 0.5) is 5.69 Å². The van der Waals surface area contributed by atoms with Gasteiger partial charge in [-0.3, -0.25) is 10.1 Å². The summed E-state index contributed by atoms with van der Waals surface area (Å²) in [5, 5.41) is 23.3. The number of hydrogen-bond donors (Lipinski definition) is 1. The van der Waals surface area contributed by atoms with Gasteiger partial charge in [0, 0.05) is 12.1 Å². The Hall–Kier alpha value is -1.40. The maximum atomic E-state index is 11.1. The quantitative estimate of drug-likeness (QED) is 0.488. The summed E-state index contributed by atoms with van der Waals surface area (Å²) >= 11 is 1.96. The molecule has 1 saturated heterocycles. The van der Waals surface area contributed by atoms with Crippen LogP contribution in [0.1, 0.15) is 24.8 Å². The van der Waals surface area contributed by atoms with Crippen molar-refractivity contribution in [3.8, 4) is 11.8 Å². The van der Waals surface area contributed by atoms with Crippen LogP contribution < -0.4 is 10.1 Å². The van der Waals surface area contributed by atoms with Crippen LogP contribution in [-0.2, 0) is 0 Å². The second-order valence-electron chi connectivity index (χ2n) is 4.63. The number of nitro groups is 1. The van der Waals surface area contributed by atoms with Crippen LogP contribution in [0.5, 0.6) is 5.75 Å². The van der Waals surface area contributed by atoms with E-state index in [9.17, 15) is 10.1 Å². The molecule has 1 fully saturated rings. The SMILES string of the molecule is N#Cc1cc(I)c(OCC2CCCCN2)c([N+](=O)[O-])c1. The van der Waals surface area contributed by atoms with Crippen LogP contribution in [0, 0.1) is 25.0 Å². The predicted octanol–water partition coefficient (Wildman–Crippen LogP) is 2.59. The lowest BCUT2D eigenvalue weighted by molar-refractivity contribution is -0.386. The van der Waals surface area contributed by atoms with Gasteiger partial charge in [0.15, 0.2) is 0 Å². The lowest BCUT2D eigenvalue weighted by Crippen LogP contribution is -2.38. The Balaban J connectivity index is 2.17. The normalized spacial score (nSPS) is 18.3. The number of nitrogens with one attached hydrogen (secondary N) is 1. The molecule has 106 valence electrons. The van der Waals surface area contributed by atoms with Crippen molar-refractivity contribution in [2.45, 2.75) is 25.3 Å². The average Bonchev–Trinajstić information content (AvgIpc) is 2.46. The van der Waals surface area contributed by atoms with Crippen LogP contribution in [0.15, 0.2) is 12.1 Å². The van der Waals surface area contributed by atoms with Crippen LogP contribution >= 0.6 is 22.6 Å². The molecule has 6 nitrogen and oxygen atoms in total. The summed E-state index contributed by atoms with van der Waals surface area (Å²) < 4.78 is 6.23. The van der Waals surface area contributed by atoms with Gasteiger partial charge in [-0.1, -0.05) is 6.42 Å². The number of rotatable bonds is 4. The zero-order valence-corrected chi connectivity index (χ0v) is 12.9. The summed E-state index contributed by atoms with van der Waals surface area (Å²) in [7, 11) is 0. The maximum Gasteiger partial charge on any atom is 0.313 e. The molecule has 1 aliphatic rings. The summed E-state index contributed by atoms with van der Waals surface area (Å²) in [4.78, 5) is 10.6. The minimum Gasteiger partial charge on any atom is -0.484 e. The topological polar surface area (TPSA) is 88.2 Å². The van der Waals surface area contributed by atoms with Crippen molar-refractivity contribution in [3.63, 3.8) is 0 Å². The molecule has 1 aromatic rings. The third-order valence-electron chi connectivity index (χ3n) is 3.19. The van der Waals surface area contributed by atoms with E-state index in [1.807, 2.05) is 28.7 Å². The van der Waals surface area contributed by atoms with Crippen LogP contribution in [0.3, 0.4) is 0 Å². The van der Waals surface area contributed by atoms with Gasteiger partial charge in [-0.05, 0) is 48.0 Å². The molecule has 0 aromatic heterocycles. The van der Waals surface area contributed by atoms with Crippen molar-refractivity contribution in [2.24, 2.45) is 0 Å². The van der Waals surface area contributed by atoms with E-state index in [2.05, 4.69) is 5.32 Å². The van der Waals surface area contributed by atoms with Crippen molar-refractivity contribution in [2.75, 3.05) is 13.2 Å². The lowest BCUT2D eigenvalue weighted by Gasteiger charge is -2.23. The largest absolute Gasteiger partial charge is 0.484 e. The lowest BCUT2D eigenvalue weighted by atomic mass is 10.1. The number of halogens is 1. The van der Waals surface area contributed by atoms with E-state index in [4.69, 9.17) is 10.00 Å². The fourth-order valence-corrected chi connectivity index (χ4v) is 2.94. The van der Waals surface area contributed by atoms with Crippen LogP contribution in [-0.4, -0.2) is 24.1 Å². The average molecular weight is 387 g/mol. The van der Waals surface area contributed by atoms with E-state index < -0.39 is 4.92 Å². The zero-order chi connectivity index (χ0) is 14.5. The van der Waals surface area contributed by atoms with E-state index in [-0.39, 0.29) is 23.0 Å². The van der Waals surface area contributed by atoms with Crippen molar-refractivity contribution in [1.29, 1.82) is 5.26 Å². The van der Waals surface area contributed by atoms with Gasteiger partial charge in [-0.15, -0.1) is 0 Å². The zero-order valence-electron chi connectivity index (χ0n) is 10.8. The first kappa shape index (κ1) is 15.0. The van der Waals surface area contributed by atoms with Crippen molar-refractivity contribution in [1.82, 2.24) is 5.32 Å². The highest BCUT2D eigenvalue weighted by Gasteiger charge is 2.22. The first-order chi connectivity index (χ1) is 9.61. The number of nitro benzene ring substituents is 1. The molecule has 7 heteroatoms. The third kappa shape index (κ3) is 3.58. The molecule has 1 heterocycles. The Morgan fingerprint density at radius 3 is 2.95 bits per heavy atom. The molecule has 0 bridgehead atoms. The van der Waals surface area contributed by atoms with E-state index >= 15 is 0 Å². The van der Waals surface area contributed by atoms with E-state index in [0.717, 1.165) is 25.8 Å². The molecule has 0 aliphatic carbocycles. The molecule has 1 unspecified atom stereocenters. The molecule has 20 heavy (non-hydrogen) atoms. The monoisotopic (exact) mass is 387 g/mol. The minimum absolute atomic E-state index is 0.149. The molecule has 1 N–H and O–H groups in total. The fourth-order valence-electron chi connectivity index (χ4n) is 2.17. The summed E-state index contributed by atoms with van der Waals surface area (Å²) in [6.45, 7) is 1.36. The number of hydrogen-bond acceptors (Lipinski definition) is 5. The summed E-state index contributed by atoms with van der Waals surface area (Å²) in [5.74, 6) is 0.252. The number of nitrogens with zero attached hydrogens (tertiary/aromatic N) is 2. The molecule has 2 rings (SSSR count). The first-order valence-corrected chi connectivity index (χ1v) is 7.44. The van der Waals surface area contributed by atoms with Gasteiger partial charge in [0.1, 0.15) is 6.61 Å². The van der Waals surface area contributed by atoms with Gasteiger partial charge in [-0.25, -0.2) is 0 Å². The third-order valence-corrected chi connectivity index (χ3v) is 3.99. The summed E-state index contributed by atoms with van der Waals surface area (Å²) in [6, 6.07) is 5.00. The summed E-state index contributed by atoms with van der Waals surface area (Å²) in [5.41, 5.74) is 0.119. The maximum absolute atomic E-state index is 11.1. The van der Waals surface area contributed by atoms with Crippen molar-refractivity contribution in [3.05, 3.63) is 31.4 Å². The van der Waals surface area contributed by atoms with Gasteiger partial charge < -0.3 is 10.1 Å². The number of nitriles is 1. The van der Waals surface area contributed by atoms with Gasteiger partial charge in [0.05, 0.1) is 20.1 Å². The highest BCUT2D eigenvalue weighted by Crippen LogP contribution is 2.33. The Morgan fingerprint density at radius 1 is 1.55 bits per heavy atom. The standard InChI is InChI=1S/C13H14IN3O3/c14-11-5-9(7-15)6-12(17(18)19)13(11)20-8-10-3-1-2-4-16-10/h5-6,10,16H,1-4,8H2. The molecule has 0 saturated carbocycles. The molecule has 0 spiro atoms. The van der Waals surface area contributed by atoms with E-state index in [1.54, 1.807) is 6.07 Å². The highest BCUT2D eigenvalue weighted by atomic mass is 127. The number of benzene rings is 1. The number of ether oxygens (including phenoxy) is 1. The second kappa shape index (κ2) is 6.85. The van der Waals surface area contributed by atoms with Crippen LogP contribution in [0.2, 0.25) is 0 Å². The van der Waals surface area contributed by atoms with Gasteiger partial charge >= 0.3 is 5.69 Å². The van der Waals surface area contributed by atoms with Gasteiger partial charge in [-0.2, -0.15) is 5.26 Å². The number of piperidine rings is 1. The van der Waals surface area contributed by atoms with Crippen molar-refractivity contribution >= 4 is 28.3 Å². The molecule has 0 radical (unpaired) electrons. The molecule has 0 amide bonds. The molecule has 1 atom stereocenters. The molecular formula is C13H14IN3O3. The predicted molar refractivity (Wildman–Crippen MR) is 81.7 cm³/mol. The van der Waals surface area contributed by atoms with Crippen molar-refractivity contribution < 1.29 is 9.66 Å².